The highest BCUT2D eigenvalue weighted by molar-refractivity contribution is 9.10. The Morgan fingerprint density at radius 2 is 2.00 bits per heavy atom. The molecule has 0 aromatic heterocycles. The summed E-state index contributed by atoms with van der Waals surface area (Å²) in [4.78, 5) is 12.4. The standard InChI is InChI=1S/C16H9BrCl2O4/c1-22-12-3-7(2-10(17)15(12)21)4-13-14(20)9-5-8(18)6-11(19)16(9)23-13/h2-6,21H,1H3. The van der Waals surface area contributed by atoms with Crippen molar-refractivity contribution in [2.24, 2.45) is 0 Å². The summed E-state index contributed by atoms with van der Waals surface area (Å²) < 4.78 is 11.1. The lowest BCUT2D eigenvalue weighted by atomic mass is 10.1. The predicted octanol–water partition coefficient (Wildman–Crippen LogP) is 5.09. The minimum absolute atomic E-state index is 0.0218. The van der Waals surface area contributed by atoms with E-state index in [1.165, 1.54) is 19.2 Å². The van der Waals surface area contributed by atoms with Crippen LogP contribution in [0.1, 0.15) is 15.9 Å². The number of Topliss-reactive ketones (excluding diaryl/α,β-unsaturated/α-hetero) is 1. The van der Waals surface area contributed by atoms with Crippen molar-refractivity contribution in [3.63, 3.8) is 0 Å². The number of methoxy groups -OCH3 is 1. The third kappa shape index (κ3) is 2.92. The van der Waals surface area contributed by atoms with Gasteiger partial charge in [-0.25, -0.2) is 0 Å². The molecule has 0 aliphatic carbocycles. The molecule has 0 spiro atoms. The molecule has 1 N–H and O–H groups in total. The monoisotopic (exact) mass is 414 g/mol. The molecule has 1 aliphatic heterocycles. The molecule has 4 nitrogen and oxygen atoms in total. The molecule has 0 fully saturated rings. The van der Waals surface area contributed by atoms with Crippen LogP contribution in [0, 0.1) is 0 Å². The van der Waals surface area contributed by atoms with Crippen LogP contribution in [-0.2, 0) is 0 Å². The number of benzene rings is 2. The first-order chi connectivity index (χ1) is 10.9. The first-order valence-corrected chi connectivity index (χ1v) is 7.95. The van der Waals surface area contributed by atoms with E-state index in [-0.39, 0.29) is 33.8 Å². The van der Waals surface area contributed by atoms with E-state index in [1.807, 2.05) is 0 Å². The average Bonchev–Trinajstić information content (AvgIpc) is 2.80. The largest absolute Gasteiger partial charge is 0.503 e. The van der Waals surface area contributed by atoms with Gasteiger partial charge in [0, 0.05) is 5.02 Å². The van der Waals surface area contributed by atoms with Crippen molar-refractivity contribution < 1.29 is 19.4 Å². The number of phenols is 1. The second-order valence-electron chi connectivity index (χ2n) is 4.76. The predicted molar refractivity (Wildman–Crippen MR) is 91.8 cm³/mol. The summed E-state index contributed by atoms with van der Waals surface area (Å²) in [7, 11) is 1.44. The van der Waals surface area contributed by atoms with Crippen molar-refractivity contribution in [1.82, 2.24) is 0 Å². The van der Waals surface area contributed by atoms with Crippen molar-refractivity contribution >= 4 is 51.0 Å². The SMILES string of the molecule is COc1cc(C=C2Oc3c(Cl)cc(Cl)cc3C2=O)cc(Br)c1O. The van der Waals surface area contributed by atoms with E-state index < -0.39 is 0 Å². The molecule has 2 aromatic carbocycles. The van der Waals surface area contributed by atoms with Crippen LogP contribution in [0.15, 0.2) is 34.5 Å². The molecule has 2 aromatic rings. The number of carbonyl (C=O) groups excluding carboxylic acids is 1. The zero-order valence-electron chi connectivity index (χ0n) is 11.7. The fraction of sp³-hybridized carbons (Fsp3) is 0.0625. The Morgan fingerprint density at radius 1 is 1.26 bits per heavy atom. The van der Waals surface area contributed by atoms with Gasteiger partial charge < -0.3 is 14.6 Å². The van der Waals surface area contributed by atoms with Gasteiger partial charge in [0.25, 0.3) is 0 Å². The Morgan fingerprint density at radius 3 is 2.70 bits per heavy atom. The third-order valence-corrected chi connectivity index (χ3v) is 4.36. The Bertz CT molecular complexity index is 862. The number of aromatic hydroxyl groups is 1. The van der Waals surface area contributed by atoms with Gasteiger partial charge in [-0.1, -0.05) is 23.2 Å². The van der Waals surface area contributed by atoms with Crippen molar-refractivity contribution in [2.75, 3.05) is 7.11 Å². The molecule has 0 atom stereocenters. The Hall–Kier alpha value is -1.69. The van der Waals surface area contributed by atoms with Gasteiger partial charge in [-0.2, -0.15) is 0 Å². The fourth-order valence-corrected chi connectivity index (χ4v) is 3.19. The van der Waals surface area contributed by atoms with Crippen molar-refractivity contribution in [3.8, 4) is 17.2 Å². The topological polar surface area (TPSA) is 55.8 Å². The number of allylic oxidation sites excluding steroid dienone is 1. The summed E-state index contributed by atoms with van der Waals surface area (Å²) in [6.07, 6.45) is 1.54. The molecule has 0 saturated heterocycles. The smallest absolute Gasteiger partial charge is 0.232 e. The highest BCUT2D eigenvalue weighted by atomic mass is 79.9. The second-order valence-corrected chi connectivity index (χ2v) is 6.46. The summed E-state index contributed by atoms with van der Waals surface area (Å²) in [6.45, 7) is 0. The van der Waals surface area contributed by atoms with E-state index in [9.17, 15) is 9.90 Å². The maximum atomic E-state index is 12.4. The Labute approximate surface area is 150 Å². The maximum absolute atomic E-state index is 12.4. The van der Waals surface area contributed by atoms with Gasteiger partial charge >= 0.3 is 0 Å². The summed E-state index contributed by atoms with van der Waals surface area (Å²) in [5.74, 6) is 0.343. The number of rotatable bonds is 2. The van der Waals surface area contributed by atoms with Crippen LogP contribution in [0.3, 0.4) is 0 Å². The van der Waals surface area contributed by atoms with Gasteiger partial charge in [0.1, 0.15) is 0 Å². The molecule has 23 heavy (non-hydrogen) atoms. The highest BCUT2D eigenvalue weighted by Gasteiger charge is 2.30. The highest BCUT2D eigenvalue weighted by Crippen LogP contribution is 2.41. The summed E-state index contributed by atoms with van der Waals surface area (Å²) in [5.41, 5.74) is 0.934. The molecule has 0 saturated carbocycles. The van der Waals surface area contributed by atoms with Crippen LogP contribution in [0.25, 0.3) is 6.08 Å². The van der Waals surface area contributed by atoms with E-state index in [4.69, 9.17) is 32.7 Å². The minimum Gasteiger partial charge on any atom is -0.503 e. The molecule has 0 radical (unpaired) electrons. The molecule has 118 valence electrons. The van der Waals surface area contributed by atoms with Crippen LogP contribution < -0.4 is 9.47 Å². The lowest BCUT2D eigenvalue weighted by molar-refractivity contribution is 0.101. The number of carbonyl (C=O) groups is 1. The van der Waals surface area contributed by atoms with Gasteiger partial charge in [0.15, 0.2) is 23.0 Å². The normalized spacial score (nSPS) is 14.8. The van der Waals surface area contributed by atoms with Crippen molar-refractivity contribution in [2.45, 2.75) is 0 Å². The van der Waals surface area contributed by atoms with Gasteiger partial charge in [-0.05, 0) is 51.8 Å². The zero-order valence-corrected chi connectivity index (χ0v) is 14.8. The summed E-state index contributed by atoms with van der Waals surface area (Å²) >= 11 is 15.2. The van der Waals surface area contributed by atoms with E-state index in [0.717, 1.165) is 0 Å². The van der Waals surface area contributed by atoms with Crippen LogP contribution in [0.4, 0.5) is 0 Å². The van der Waals surface area contributed by atoms with Gasteiger partial charge in [-0.3, -0.25) is 4.79 Å². The molecule has 1 aliphatic rings. The molecule has 1 heterocycles. The average molecular weight is 416 g/mol. The molecule has 0 unspecified atom stereocenters. The summed E-state index contributed by atoms with van der Waals surface area (Å²) in [5, 5.41) is 10.5. The lowest BCUT2D eigenvalue weighted by Crippen LogP contribution is -1.98. The van der Waals surface area contributed by atoms with Crippen molar-refractivity contribution in [1.29, 1.82) is 0 Å². The van der Waals surface area contributed by atoms with Gasteiger partial charge in [0.2, 0.25) is 5.78 Å². The number of phenolic OH excluding ortho intramolecular Hbond substituents is 1. The van der Waals surface area contributed by atoms with E-state index >= 15 is 0 Å². The van der Waals surface area contributed by atoms with Crippen molar-refractivity contribution in [3.05, 3.63) is 55.7 Å². The van der Waals surface area contributed by atoms with E-state index in [0.29, 0.717) is 20.6 Å². The first-order valence-electron chi connectivity index (χ1n) is 6.40. The van der Waals surface area contributed by atoms with E-state index in [1.54, 1.807) is 18.2 Å². The van der Waals surface area contributed by atoms with Gasteiger partial charge in [-0.15, -0.1) is 0 Å². The van der Waals surface area contributed by atoms with Gasteiger partial charge in [0.05, 0.1) is 22.2 Å². The van der Waals surface area contributed by atoms with Crippen LogP contribution in [0.5, 0.6) is 17.2 Å². The van der Waals surface area contributed by atoms with E-state index in [2.05, 4.69) is 15.9 Å². The summed E-state index contributed by atoms with van der Waals surface area (Å²) in [6, 6.07) is 6.25. The lowest BCUT2D eigenvalue weighted by Gasteiger charge is -2.07. The third-order valence-electron chi connectivity index (χ3n) is 3.26. The Kier molecular flexibility index (Phi) is 4.27. The fourth-order valence-electron chi connectivity index (χ4n) is 2.20. The number of hydrogen-bond acceptors (Lipinski definition) is 4. The second kappa shape index (κ2) is 6.07. The molecule has 0 amide bonds. The number of halogens is 3. The van der Waals surface area contributed by atoms with Crippen LogP contribution in [-0.4, -0.2) is 18.0 Å². The number of ketones is 1. The molecular formula is C16H9BrCl2O4. The molecule has 0 bridgehead atoms. The number of hydrogen-bond donors (Lipinski definition) is 1. The molecule has 7 heteroatoms. The minimum atomic E-state index is -0.312. The Balaban J connectivity index is 2.05. The van der Waals surface area contributed by atoms with Crippen LogP contribution in [0.2, 0.25) is 10.0 Å². The zero-order chi connectivity index (χ0) is 16.7. The molecule has 3 rings (SSSR count). The first kappa shape index (κ1) is 16.2. The number of ether oxygens (including phenoxy) is 2. The maximum Gasteiger partial charge on any atom is 0.232 e. The molecular weight excluding hydrogens is 407 g/mol. The number of fused-ring (bicyclic) bond motifs is 1. The van der Waals surface area contributed by atoms with Crippen LogP contribution >= 0.6 is 39.1 Å². The quantitative estimate of drug-likeness (QED) is 0.694.